The minimum atomic E-state index is -0.935. The highest BCUT2D eigenvalue weighted by Crippen LogP contribution is 2.37. The molecule has 150 valence electrons. The summed E-state index contributed by atoms with van der Waals surface area (Å²) in [5, 5.41) is 9.14. The van der Waals surface area contributed by atoms with E-state index in [-0.39, 0.29) is 11.7 Å². The Bertz CT molecular complexity index is 797. The summed E-state index contributed by atoms with van der Waals surface area (Å²) in [5.74, 6) is 0.183. The molecule has 1 aliphatic heterocycles. The largest absolute Gasteiger partial charge is 0.485 e. The molecule has 2 aromatic rings. The lowest BCUT2D eigenvalue weighted by molar-refractivity contribution is -0.183. The molecule has 0 radical (unpaired) electrons. The molecule has 1 saturated heterocycles. The highest BCUT2D eigenvalue weighted by molar-refractivity contribution is 9.10. The first-order valence-corrected chi connectivity index (χ1v) is 10.3. The number of rotatable bonds is 7. The number of ether oxygens (including phenoxy) is 3. The first-order chi connectivity index (χ1) is 13.4. The molecule has 2 aromatic carbocycles. The number of carboxylic acid groups (broad SMARTS) is 1. The summed E-state index contributed by atoms with van der Waals surface area (Å²) >= 11 is 3.51. The van der Waals surface area contributed by atoms with E-state index in [4.69, 9.17) is 19.3 Å². The second-order valence-electron chi connectivity index (χ2n) is 7.27. The van der Waals surface area contributed by atoms with Gasteiger partial charge in [0.25, 0.3) is 0 Å². The lowest BCUT2D eigenvalue weighted by atomic mass is 9.98. The number of carbonyl (C=O) groups is 1. The molecule has 0 saturated carbocycles. The SMILES string of the molecule is CC(C)CC(Oc1ccc(Br)cc1C1OCCCO1)c1ccc(C(=O)O)cc1. The molecule has 28 heavy (non-hydrogen) atoms. The maximum Gasteiger partial charge on any atom is 0.335 e. The fraction of sp³-hybridized carbons (Fsp3) is 0.409. The van der Waals surface area contributed by atoms with Gasteiger partial charge in [-0.25, -0.2) is 4.79 Å². The molecule has 6 heteroatoms. The van der Waals surface area contributed by atoms with Crippen LogP contribution in [0.4, 0.5) is 0 Å². The molecule has 1 fully saturated rings. The third kappa shape index (κ3) is 5.34. The first kappa shape index (κ1) is 20.8. The summed E-state index contributed by atoms with van der Waals surface area (Å²) in [5.41, 5.74) is 2.06. The van der Waals surface area contributed by atoms with Gasteiger partial charge in [0, 0.05) is 4.47 Å². The van der Waals surface area contributed by atoms with Gasteiger partial charge in [0.05, 0.1) is 24.3 Å². The van der Waals surface area contributed by atoms with Crippen molar-refractivity contribution in [2.75, 3.05) is 13.2 Å². The minimum absolute atomic E-state index is 0.202. The van der Waals surface area contributed by atoms with E-state index in [1.165, 1.54) is 0 Å². The van der Waals surface area contributed by atoms with Crippen LogP contribution in [-0.4, -0.2) is 24.3 Å². The van der Waals surface area contributed by atoms with Crippen molar-refractivity contribution in [2.24, 2.45) is 5.92 Å². The predicted octanol–water partition coefficient (Wildman–Crippen LogP) is 5.75. The summed E-state index contributed by atoms with van der Waals surface area (Å²) < 4.78 is 18.9. The first-order valence-electron chi connectivity index (χ1n) is 9.46. The highest BCUT2D eigenvalue weighted by Gasteiger charge is 2.24. The van der Waals surface area contributed by atoms with Gasteiger partial charge in [-0.1, -0.05) is 41.9 Å². The average Bonchev–Trinajstić information content (AvgIpc) is 2.69. The van der Waals surface area contributed by atoms with Gasteiger partial charge < -0.3 is 19.3 Å². The lowest BCUT2D eigenvalue weighted by Gasteiger charge is -2.28. The number of halogens is 1. The van der Waals surface area contributed by atoms with E-state index in [0.29, 0.717) is 24.9 Å². The van der Waals surface area contributed by atoms with Crippen molar-refractivity contribution in [2.45, 2.75) is 39.1 Å². The summed E-state index contributed by atoms with van der Waals surface area (Å²) in [6.07, 6.45) is 1.03. The van der Waals surface area contributed by atoms with Crippen molar-refractivity contribution >= 4 is 21.9 Å². The number of hydrogen-bond donors (Lipinski definition) is 1. The van der Waals surface area contributed by atoms with Crippen LogP contribution in [0.2, 0.25) is 0 Å². The Morgan fingerprint density at radius 2 is 1.86 bits per heavy atom. The molecule has 5 nitrogen and oxygen atoms in total. The topological polar surface area (TPSA) is 65.0 Å². The summed E-state index contributed by atoms with van der Waals surface area (Å²) in [6.45, 7) is 5.58. The molecule has 1 N–H and O–H groups in total. The van der Waals surface area contributed by atoms with Gasteiger partial charge in [-0.05, 0) is 54.7 Å². The van der Waals surface area contributed by atoms with Crippen molar-refractivity contribution in [3.63, 3.8) is 0 Å². The standard InChI is InChI=1S/C22H25BrO5/c1-14(2)12-20(15-4-6-16(7-5-15)21(24)25)28-19-9-8-17(23)13-18(19)22-26-10-3-11-27-22/h4-9,13-14,20,22H,3,10-12H2,1-2H3,(H,24,25). The van der Waals surface area contributed by atoms with Crippen molar-refractivity contribution in [1.82, 2.24) is 0 Å². The number of carboxylic acids is 1. The molecule has 1 heterocycles. The van der Waals surface area contributed by atoms with E-state index in [9.17, 15) is 4.79 Å². The van der Waals surface area contributed by atoms with Gasteiger partial charge >= 0.3 is 5.97 Å². The second-order valence-corrected chi connectivity index (χ2v) is 8.19. The van der Waals surface area contributed by atoms with Crippen LogP contribution < -0.4 is 4.74 Å². The van der Waals surface area contributed by atoms with Crippen LogP contribution in [0.1, 0.15) is 60.6 Å². The van der Waals surface area contributed by atoms with Gasteiger partial charge in [0.15, 0.2) is 6.29 Å². The molecule has 0 bridgehead atoms. The van der Waals surface area contributed by atoms with E-state index in [1.54, 1.807) is 12.1 Å². The van der Waals surface area contributed by atoms with E-state index in [0.717, 1.165) is 28.4 Å². The number of benzene rings is 2. The van der Waals surface area contributed by atoms with E-state index in [2.05, 4.69) is 29.8 Å². The number of hydrogen-bond acceptors (Lipinski definition) is 4. The zero-order chi connectivity index (χ0) is 20.1. The van der Waals surface area contributed by atoms with Gasteiger partial charge in [0.2, 0.25) is 0 Å². The Labute approximate surface area is 173 Å². The van der Waals surface area contributed by atoms with Crippen LogP contribution >= 0.6 is 15.9 Å². The third-order valence-electron chi connectivity index (χ3n) is 4.54. The van der Waals surface area contributed by atoms with Crippen LogP contribution in [-0.2, 0) is 9.47 Å². The van der Waals surface area contributed by atoms with Crippen LogP contribution in [0.5, 0.6) is 5.75 Å². The van der Waals surface area contributed by atoms with E-state index in [1.807, 2.05) is 30.3 Å². The van der Waals surface area contributed by atoms with Crippen molar-refractivity contribution in [3.8, 4) is 5.75 Å². The molecule has 0 spiro atoms. The molecule has 0 aliphatic carbocycles. The van der Waals surface area contributed by atoms with Crippen LogP contribution in [0.15, 0.2) is 46.9 Å². The average molecular weight is 449 g/mol. The molecule has 0 aromatic heterocycles. The quantitative estimate of drug-likeness (QED) is 0.583. The summed E-state index contributed by atoms with van der Waals surface area (Å²) in [7, 11) is 0. The Morgan fingerprint density at radius 3 is 2.46 bits per heavy atom. The Morgan fingerprint density at radius 1 is 1.18 bits per heavy atom. The molecule has 3 rings (SSSR count). The van der Waals surface area contributed by atoms with E-state index < -0.39 is 12.3 Å². The molecule has 1 unspecified atom stereocenters. The maximum atomic E-state index is 11.1. The van der Waals surface area contributed by atoms with Crippen molar-refractivity contribution < 1.29 is 24.1 Å². The van der Waals surface area contributed by atoms with Gasteiger partial charge in [0.1, 0.15) is 11.9 Å². The molecular weight excluding hydrogens is 424 g/mol. The smallest absolute Gasteiger partial charge is 0.335 e. The third-order valence-corrected chi connectivity index (χ3v) is 5.03. The normalized spacial score (nSPS) is 16.1. The Hall–Kier alpha value is -1.89. The molecule has 1 atom stereocenters. The number of aromatic carboxylic acids is 1. The van der Waals surface area contributed by atoms with E-state index >= 15 is 0 Å². The fourth-order valence-corrected chi connectivity index (χ4v) is 3.53. The second kappa shape index (κ2) is 9.54. The summed E-state index contributed by atoms with van der Waals surface area (Å²) in [4.78, 5) is 11.1. The minimum Gasteiger partial charge on any atom is -0.485 e. The van der Waals surface area contributed by atoms with Crippen molar-refractivity contribution in [3.05, 3.63) is 63.6 Å². The fourth-order valence-electron chi connectivity index (χ4n) is 3.15. The van der Waals surface area contributed by atoms with Crippen molar-refractivity contribution in [1.29, 1.82) is 0 Å². The maximum absolute atomic E-state index is 11.1. The predicted molar refractivity (Wildman–Crippen MR) is 110 cm³/mol. The Balaban J connectivity index is 1.89. The van der Waals surface area contributed by atoms with Gasteiger partial charge in [-0.3, -0.25) is 0 Å². The van der Waals surface area contributed by atoms with Crippen LogP contribution in [0, 0.1) is 5.92 Å². The van der Waals surface area contributed by atoms with Crippen LogP contribution in [0.3, 0.4) is 0 Å². The molecule has 0 amide bonds. The summed E-state index contributed by atoms with van der Waals surface area (Å²) in [6, 6.07) is 12.7. The molecular formula is C22H25BrO5. The monoisotopic (exact) mass is 448 g/mol. The van der Waals surface area contributed by atoms with Gasteiger partial charge in [-0.15, -0.1) is 0 Å². The lowest BCUT2D eigenvalue weighted by Crippen LogP contribution is -2.19. The van der Waals surface area contributed by atoms with Gasteiger partial charge in [-0.2, -0.15) is 0 Å². The van der Waals surface area contributed by atoms with Crippen LogP contribution in [0.25, 0.3) is 0 Å². The zero-order valence-electron chi connectivity index (χ0n) is 16.1. The highest BCUT2D eigenvalue weighted by atomic mass is 79.9. The Kier molecular flexibility index (Phi) is 7.10. The molecule has 1 aliphatic rings. The zero-order valence-corrected chi connectivity index (χ0v) is 17.6.